The van der Waals surface area contributed by atoms with Crippen LogP contribution in [0.5, 0.6) is 0 Å². The number of aromatic amines is 1. The summed E-state index contributed by atoms with van der Waals surface area (Å²) in [5.74, 6) is 0.620. The van der Waals surface area contributed by atoms with E-state index in [4.69, 9.17) is 0 Å². The largest absolute Gasteiger partial charge is 0.356 e. The van der Waals surface area contributed by atoms with Crippen LogP contribution in [0.2, 0.25) is 0 Å². The number of imidazole rings is 1. The Hall–Kier alpha value is -4.27. The summed E-state index contributed by atoms with van der Waals surface area (Å²) in [6, 6.07) is 13.8. The molecule has 0 saturated carbocycles. The van der Waals surface area contributed by atoms with Gasteiger partial charge in [-0.15, -0.1) is 0 Å². The minimum atomic E-state index is -0.127. The van der Waals surface area contributed by atoms with Crippen LogP contribution in [0, 0.1) is 0 Å². The third kappa shape index (κ3) is 3.67. The lowest BCUT2D eigenvalue weighted by Crippen LogP contribution is -2.37. The molecule has 0 aliphatic carbocycles. The molecule has 5 aromatic rings. The number of pyridine rings is 1. The molecule has 1 N–H and O–H groups in total. The Bertz CT molecular complexity index is 1640. The van der Waals surface area contributed by atoms with Gasteiger partial charge in [0.15, 0.2) is 5.65 Å². The van der Waals surface area contributed by atoms with Gasteiger partial charge in [-0.3, -0.25) is 14.3 Å². The number of carbonyl (C=O) groups is 1. The van der Waals surface area contributed by atoms with Gasteiger partial charge in [-0.25, -0.2) is 19.7 Å². The van der Waals surface area contributed by atoms with Gasteiger partial charge in [0, 0.05) is 60.1 Å². The van der Waals surface area contributed by atoms with E-state index in [9.17, 15) is 9.59 Å². The van der Waals surface area contributed by atoms with E-state index >= 15 is 0 Å². The molecule has 1 aliphatic rings. The number of anilines is 1. The number of carbonyl (C=O) groups excluding carboxylic acids is 1. The molecule has 0 spiro atoms. The van der Waals surface area contributed by atoms with E-state index in [1.54, 1.807) is 12.3 Å². The molecular formula is C27H27N7O2. The van der Waals surface area contributed by atoms with Crippen molar-refractivity contribution in [2.45, 2.75) is 38.8 Å². The summed E-state index contributed by atoms with van der Waals surface area (Å²) in [5.41, 5.74) is 3.38. The van der Waals surface area contributed by atoms with Crippen molar-refractivity contribution in [1.82, 2.24) is 29.1 Å². The van der Waals surface area contributed by atoms with Crippen molar-refractivity contribution < 1.29 is 4.79 Å². The highest BCUT2D eigenvalue weighted by atomic mass is 16.1. The lowest BCUT2D eigenvalue weighted by atomic mass is 10.0. The van der Waals surface area contributed by atoms with Gasteiger partial charge in [-0.1, -0.05) is 18.2 Å². The first kappa shape index (κ1) is 22.2. The fourth-order valence-electron chi connectivity index (χ4n) is 5.27. The van der Waals surface area contributed by atoms with E-state index in [1.807, 2.05) is 47.2 Å². The molecule has 0 amide bonds. The lowest BCUT2D eigenvalue weighted by molar-refractivity contribution is 0.103. The topological polar surface area (TPSA) is 102 Å². The highest BCUT2D eigenvalue weighted by Crippen LogP contribution is 2.29. The first-order valence-electron chi connectivity index (χ1n) is 12.3. The number of aromatic nitrogens is 6. The zero-order chi connectivity index (χ0) is 24.8. The monoisotopic (exact) mass is 481 g/mol. The van der Waals surface area contributed by atoms with E-state index in [1.165, 1.54) is 6.33 Å². The van der Waals surface area contributed by atoms with Crippen molar-refractivity contribution in [2.75, 3.05) is 18.0 Å². The lowest BCUT2D eigenvalue weighted by Gasteiger charge is -2.33. The summed E-state index contributed by atoms with van der Waals surface area (Å²) < 4.78 is 3.94. The Morgan fingerprint density at radius 1 is 1.03 bits per heavy atom. The molecule has 36 heavy (non-hydrogen) atoms. The third-order valence-corrected chi connectivity index (χ3v) is 7.07. The van der Waals surface area contributed by atoms with Gasteiger partial charge in [0.05, 0.1) is 5.52 Å². The predicted molar refractivity (Wildman–Crippen MR) is 139 cm³/mol. The summed E-state index contributed by atoms with van der Waals surface area (Å²) in [7, 11) is 0. The van der Waals surface area contributed by atoms with Crippen molar-refractivity contribution in [3.8, 4) is 0 Å². The normalized spacial score (nSPS) is 14.8. The molecule has 4 aromatic heterocycles. The number of fused-ring (bicyclic) bond motifs is 2. The van der Waals surface area contributed by atoms with Gasteiger partial charge >= 0.3 is 5.69 Å². The van der Waals surface area contributed by atoms with E-state index < -0.39 is 0 Å². The van der Waals surface area contributed by atoms with Gasteiger partial charge in [-0.2, -0.15) is 0 Å². The molecule has 1 aromatic carbocycles. The van der Waals surface area contributed by atoms with Crippen molar-refractivity contribution >= 4 is 33.7 Å². The molecule has 6 rings (SSSR count). The number of para-hydroxylation sites is 1. The molecular weight excluding hydrogens is 454 g/mol. The van der Waals surface area contributed by atoms with Crippen LogP contribution in [0.4, 0.5) is 5.82 Å². The number of nitrogens with zero attached hydrogens (tertiary/aromatic N) is 6. The van der Waals surface area contributed by atoms with E-state index in [0.717, 1.165) is 48.2 Å². The Morgan fingerprint density at radius 3 is 2.61 bits per heavy atom. The fraction of sp³-hybridized carbons (Fsp3) is 0.296. The number of benzene rings is 1. The van der Waals surface area contributed by atoms with Crippen LogP contribution in [-0.2, 0) is 0 Å². The van der Waals surface area contributed by atoms with Gasteiger partial charge < -0.3 is 9.47 Å². The van der Waals surface area contributed by atoms with Crippen LogP contribution in [-0.4, -0.2) is 47.9 Å². The highest BCUT2D eigenvalue weighted by molar-refractivity contribution is 6.15. The Kier molecular flexibility index (Phi) is 5.40. The molecule has 182 valence electrons. The van der Waals surface area contributed by atoms with Crippen molar-refractivity contribution in [3.63, 3.8) is 0 Å². The second-order valence-electron chi connectivity index (χ2n) is 9.54. The maximum absolute atomic E-state index is 13.5. The molecule has 1 aliphatic heterocycles. The first-order valence-corrected chi connectivity index (χ1v) is 12.3. The van der Waals surface area contributed by atoms with Gasteiger partial charge in [-0.05, 0) is 44.9 Å². The number of nitrogens with one attached hydrogen (secondary N) is 1. The van der Waals surface area contributed by atoms with Crippen molar-refractivity contribution in [2.24, 2.45) is 0 Å². The summed E-state index contributed by atoms with van der Waals surface area (Å²) >= 11 is 0. The molecule has 5 heterocycles. The molecule has 0 bridgehead atoms. The van der Waals surface area contributed by atoms with Crippen LogP contribution in [0.3, 0.4) is 0 Å². The number of hydrogen-bond acceptors (Lipinski definition) is 6. The quantitative estimate of drug-likeness (QED) is 0.379. The van der Waals surface area contributed by atoms with Gasteiger partial charge in [0.2, 0.25) is 5.78 Å². The van der Waals surface area contributed by atoms with Gasteiger partial charge in [0.25, 0.3) is 0 Å². The number of rotatable bonds is 5. The first-order chi connectivity index (χ1) is 17.5. The maximum Gasteiger partial charge on any atom is 0.327 e. The van der Waals surface area contributed by atoms with E-state index in [-0.39, 0.29) is 23.6 Å². The Morgan fingerprint density at radius 2 is 1.81 bits per heavy atom. The molecule has 9 heteroatoms. The zero-order valence-electron chi connectivity index (χ0n) is 20.3. The standard InChI is InChI=1S/C27H27N7O2/c1-17(2)33-15-20(19-6-3-4-7-22(19)33)25(35)21-14-24(30-16-29-21)32-12-9-18(10-13-32)34-23-8-5-11-28-26(23)31-27(34)36/h3-8,11,14-18H,9-10,12-13H2,1-2H3,(H,28,31,36). The average molecular weight is 482 g/mol. The number of ketones is 1. The fourth-order valence-corrected chi connectivity index (χ4v) is 5.27. The minimum absolute atomic E-state index is 0.0804. The Labute approximate surface area is 207 Å². The summed E-state index contributed by atoms with van der Waals surface area (Å²) in [4.78, 5) is 44.2. The summed E-state index contributed by atoms with van der Waals surface area (Å²) in [6.45, 7) is 5.66. The molecule has 0 unspecified atom stereocenters. The third-order valence-electron chi connectivity index (χ3n) is 7.07. The summed E-state index contributed by atoms with van der Waals surface area (Å²) in [6.07, 6.45) is 6.65. The van der Waals surface area contributed by atoms with Crippen LogP contribution in [0.15, 0.2) is 66.0 Å². The zero-order valence-corrected chi connectivity index (χ0v) is 20.3. The predicted octanol–water partition coefficient (Wildman–Crippen LogP) is 4.12. The molecule has 1 fully saturated rings. The number of piperidine rings is 1. The smallest absolute Gasteiger partial charge is 0.327 e. The van der Waals surface area contributed by atoms with Crippen LogP contribution in [0.1, 0.15) is 54.8 Å². The minimum Gasteiger partial charge on any atom is -0.356 e. The molecule has 9 nitrogen and oxygen atoms in total. The van der Waals surface area contributed by atoms with Gasteiger partial charge in [0.1, 0.15) is 17.8 Å². The highest BCUT2D eigenvalue weighted by Gasteiger charge is 2.26. The Balaban J connectivity index is 1.24. The van der Waals surface area contributed by atoms with Crippen molar-refractivity contribution in [3.05, 3.63) is 82.9 Å². The van der Waals surface area contributed by atoms with E-state index in [0.29, 0.717) is 16.9 Å². The maximum atomic E-state index is 13.5. The van der Waals surface area contributed by atoms with Crippen LogP contribution >= 0.6 is 0 Å². The average Bonchev–Trinajstić information content (AvgIpc) is 3.46. The summed E-state index contributed by atoms with van der Waals surface area (Å²) in [5, 5.41) is 0.927. The van der Waals surface area contributed by atoms with E-state index in [2.05, 4.69) is 43.3 Å². The van der Waals surface area contributed by atoms with Crippen molar-refractivity contribution in [1.29, 1.82) is 0 Å². The molecule has 0 radical (unpaired) electrons. The van der Waals surface area contributed by atoms with Crippen LogP contribution in [0.25, 0.3) is 22.1 Å². The number of hydrogen-bond donors (Lipinski definition) is 1. The molecule has 1 saturated heterocycles. The second kappa shape index (κ2) is 8.75. The van der Waals surface area contributed by atoms with Crippen LogP contribution < -0.4 is 10.6 Å². The molecule has 0 atom stereocenters. The second-order valence-corrected chi connectivity index (χ2v) is 9.54. The SMILES string of the molecule is CC(C)n1cc(C(=O)c2cc(N3CCC(n4c(=O)[nH]c5ncccc54)CC3)ncn2)c2ccccc21. The number of H-pyrrole nitrogens is 1.